The monoisotopic (exact) mass is 290 g/mol. The van der Waals surface area contributed by atoms with Crippen molar-refractivity contribution in [2.45, 2.75) is 56.5 Å². The highest BCUT2D eigenvalue weighted by Crippen LogP contribution is 2.41. The number of esters is 1. The van der Waals surface area contributed by atoms with Crippen LogP contribution in [0.25, 0.3) is 0 Å². The van der Waals surface area contributed by atoms with Gasteiger partial charge in [-0.15, -0.1) is 0 Å². The molecule has 1 aliphatic heterocycles. The maximum Gasteiger partial charge on any atom is 0.337 e. The predicted molar refractivity (Wildman–Crippen MR) is 77.7 cm³/mol. The summed E-state index contributed by atoms with van der Waals surface area (Å²) in [6.45, 7) is 0. The van der Waals surface area contributed by atoms with Crippen molar-refractivity contribution in [3.63, 3.8) is 0 Å². The number of hydrogen-bond donors (Lipinski definition) is 0. The van der Waals surface area contributed by atoms with Gasteiger partial charge in [0.05, 0.1) is 7.11 Å². The van der Waals surface area contributed by atoms with Gasteiger partial charge in [0, 0.05) is 19.3 Å². The molecule has 0 amide bonds. The molecular formula is C17H22O4. The molecule has 4 nitrogen and oxygen atoms in total. The molecule has 0 unspecified atom stereocenters. The van der Waals surface area contributed by atoms with Gasteiger partial charge in [-0.3, -0.25) is 0 Å². The van der Waals surface area contributed by atoms with Crippen molar-refractivity contribution < 1.29 is 19.0 Å². The van der Waals surface area contributed by atoms with Gasteiger partial charge in [-0.1, -0.05) is 36.8 Å². The lowest BCUT2D eigenvalue weighted by Gasteiger charge is -2.31. The summed E-state index contributed by atoms with van der Waals surface area (Å²) in [5.74, 6) is -0.908. The quantitative estimate of drug-likeness (QED) is 0.803. The lowest BCUT2D eigenvalue weighted by atomic mass is 9.94. The van der Waals surface area contributed by atoms with Gasteiger partial charge in [0.15, 0.2) is 11.9 Å². The van der Waals surface area contributed by atoms with Gasteiger partial charge in [0.25, 0.3) is 0 Å². The van der Waals surface area contributed by atoms with E-state index >= 15 is 0 Å². The van der Waals surface area contributed by atoms with Crippen molar-refractivity contribution in [1.29, 1.82) is 0 Å². The fraction of sp³-hybridized carbons (Fsp3) is 0.588. The summed E-state index contributed by atoms with van der Waals surface area (Å²) < 4.78 is 17.1. The Morgan fingerprint density at radius 1 is 1.19 bits per heavy atom. The zero-order valence-corrected chi connectivity index (χ0v) is 12.4. The van der Waals surface area contributed by atoms with E-state index in [4.69, 9.17) is 14.2 Å². The van der Waals surface area contributed by atoms with Crippen molar-refractivity contribution in [2.75, 3.05) is 7.11 Å². The van der Waals surface area contributed by atoms with Gasteiger partial charge in [-0.05, 0) is 18.4 Å². The highest BCUT2D eigenvalue weighted by Gasteiger charge is 2.51. The number of hydrogen-bond acceptors (Lipinski definition) is 4. The molecule has 1 aromatic carbocycles. The number of methoxy groups -OCH3 is 1. The molecule has 0 N–H and O–H groups in total. The molecule has 1 heterocycles. The zero-order valence-electron chi connectivity index (χ0n) is 12.4. The molecule has 1 spiro atoms. The number of carbonyl (C=O) groups is 1. The van der Waals surface area contributed by atoms with Gasteiger partial charge in [0.2, 0.25) is 0 Å². The first-order chi connectivity index (χ1) is 10.2. The van der Waals surface area contributed by atoms with Crippen LogP contribution in [0.1, 0.15) is 37.7 Å². The number of ether oxygens (including phenoxy) is 3. The molecule has 0 radical (unpaired) electrons. The lowest BCUT2D eigenvalue weighted by molar-refractivity contribution is -0.199. The van der Waals surface area contributed by atoms with Crippen LogP contribution in [-0.4, -0.2) is 31.1 Å². The summed E-state index contributed by atoms with van der Waals surface area (Å²) in [5.41, 5.74) is 1.15. The average molecular weight is 290 g/mol. The van der Waals surface area contributed by atoms with Gasteiger partial charge in [0.1, 0.15) is 6.10 Å². The highest BCUT2D eigenvalue weighted by atomic mass is 16.8. The molecule has 114 valence electrons. The molecule has 21 heavy (non-hydrogen) atoms. The van der Waals surface area contributed by atoms with Crippen LogP contribution in [0.2, 0.25) is 0 Å². The third-order valence-electron chi connectivity index (χ3n) is 4.37. The highest BCUT2D eigenvalue weighted by molar-refractivity contribution is 5.75. The largest absolute Gasteiger partial charge is 0.467 e. The Morgan fingerprint density at radius 2 is 1.90 bits per heavy atom. The molecule has 2 aliphatic rings. The fourth-order valence-corrected chi connectivity index (χ4v) is 3.31. The van der Waals surface area contributed by atoms with Crippen molar-refractivity contribution in [3.8, 4) is 0 Å². The van der Waals surface area contributed by atoms with Crippen LogP contribution < -0.4 is 0 Å². The maximum atomic E-state index is 12.0. The Bertz CT molecular complexity index is 479. The van der Waals surface area contributed by atoms with Crippen LogP contribution >= 0.6 is 0 Å². The third kappa shape index (κ3) is 3.11. The van der Waals surface area contributed by atoms with Crippen LogP contribution in [0.4, 0.5) is 0 Å². The first-order valence-electron chi connectivity index (χ1n) is 7.70. The molecule has 0 aromatic heterocycles. The predicted octanol–water partition coefficient (Wildman–Crippen LogP) is 2.85. The molecule has 1 saturated carbocycles. The van der Waals surface area contributed by atoms with E-state index in [-0.39, 0.29) is 12.1 Å². The number of rotatable bonds is 3. The van der Waals surface area contributed by atoms with Crippen LogP contribution in [0.3, 0.4) is 0 Å². The van der Waals surface area contributed by atoms with Gasteiger partial charge < -0.3 is 14.2 Å². The Kier molecular flexibility index (Phi) is 4.27. The summed E-state index contributed by atoms with van der Waals surface area (Å²) in [6, 6.07) is 10.1. The van der Waals surface area contributed by atoms with Crippen molar-refractivity contribution in [3.05, 3.63) is 35.9 Å². The molecule has 4 heteroatoms. The van der Waals surface area contributed by atoms with Crippen molar-refractivity contribution >= 4 is 5.97 Å². The molecule has 2 fully saturated rings. The second-order valence-corrected chi connectivity index (χ2v) is 5.88. The summed E-state index contributed by atoms with van der Waals surface area (Å²) in [6.07, 6.45) is 4.91. The van der Waals surface area contributed by atoms with E-state index in [2.05, 4.69) is 0 Å². The Labute approximate surface area is 125 Å². The molecule has 1 aliphatic carbocycles. The topological polar surface area (TPSA) is 44.8 Å². The van der Waals surface area contributed by atoms with Gasteiger partial charge >= 0.3 is 5.97 Å². The van der Waals surface area contributed by atoms with E-state index in [0.717, 1.165) is 31.2 Å². The van der Waals surface area contributed by atoms with E-state index in [1.54, 1.807) is 0 Å². The minimum absolute atomic E-state index is 0.266. The van der Waals surface area contributed by atoms with E-state index in [1.165, 1.54) is 13.5 Å². The first-order valence-corrected chi connectivity index (χ1v) is 7.70. The first kappa shape index (κ1) is 14.5. The molecule has 0 bridgehead atoms. The van der Waals surface area contributed by atoms with Crippen LogP contribution in [0, 0.1) is 0 Å². The summed E-state index contributed by atoms with van der Waals surface area (Å²) in [5, 5.41) is 0. The third-order valence-corrected chi connectivity index (χ3v) is 4.37. The van der Waals surface area contributed by atoms with Crippen LogP contribution in [0.5, 0.6) is 0 Å². The van der Waals surface area contributed by atoms with Gasteiger partial charge in [-0.2, -0.15) is 0 Å². The van der Waals surface area contributed by atoms with Crippen LogP contribution in [-0.2, 0) is 25.4 Å². The lowest BCUT2D eigenvalue weighted by Crippen LogP contribution is -2.35. The minimum Gasteiger partial charge on any atom is -0.467 e. The average Bonchev–Trinajstić information content (AvgIpc) is 2.86. The van der Waals surface area contributed by atoms with Crippen molar-refractivity contribution in [1.82, 2.24) is 0 Å². The summed E-state index contributed by atoms with van der Waals surface area (Å²) in [4.78, 5) is 12.0. The van der Waals surface area contributed by atoms with E-state index < -0.39 is 11.9 Å². The fourth-order valence-electron chi connectivity index (χ4n) is 3.31. The van der Waals surface area contributed by atoms with E-state index in [1.807, 2.05) is 30.3 Å². The molecule has 1 saturated heterocycles. The smallest absolute Gasteiger partial charge is 0.337 e. The molecule has 3 rings (SSSR count). The summed E-state index contributed by atoms with van der Waals surface area (Å²) in [7, 11) is 1.40. The molecule has 1 aromatic rings. The van der Waals surface area contributed by atoms with E-state index in [9.17, 15) is 4.79 Å². The molecule has 2 atom stereocenters. The minimum atomic E-state index is -0.617. The SMILES string of the molecule is COC(=O)[C@@H]1OC2(CCCCC2)O[C@H]1Cc1ccccc1. The number of benzene rings is 1. The summed E-state index contributed by atoms with van der Waals surface area (Å²) >= 11 is 0. The Hall–Kier alpha value is -1.39. The second kappa shape index (κ2) is 6.16. The number of carbonyl (C=O) groups excluding carboxylic acids is 1. The zero-order chi connectivity index (χ0) is 14.7. The Balaban J connectivity index is 1.77. The maximum absolute atomic E-state index is 12.0. The van der Waals surface area contributed by atoms with E-state index in [0.29, 0.717) is 6.42 Å². The van der Waals surface area contributed by atoms with Crippen LogP contribution in [0.15, 0.2) is 30.3 Å². The van der Waals surface area contributed by atoms with Gasteiger partial charge in [-0.25, -0.2) is 4.79 Å². The van der Waals surface area contributed by atoms with Crippen molar-refractivity contribution in [2.24, 2.45) is 0 Å². The standard InChI is InChI=1S/C17H22O4/c1-19-16(18)15-14(12-13-8-4-2-5-9-13)20-17(21-15)10-6-3-7-11-17/h2,4-5,8-9,14-15H,3,6-7,10-12H2,1H3/t14-,15+/m0/s1. The molecular weight excluding hydrogens is 268 g/mol. The second-order valence-electron chi connectivity index (χ2n) is 5.88. The normalized spacial score (nSPS) is 27.7. The Morgan fingerprint density at radius 3 is 2.57 bits per heavy atom.